The van der Waals surface area contributed by atoms with Gasteiger partial charge in [-0.05, 0) is 55.5 Å². The minimum atomic E-state index is -2.77. The molecule has 0 aliphatic carbocycles. The molecule has 0 fully saturated rings. The van der Waals surface area contributed by atoms with E-state index in [0.29, 0.717) is 13.2 Å². The molecule has 0 N–H and O–H groups in total. The van der Waals surface area contributed by atoms with Crippen LogP contribution < -0.4 is 9.83 Å². The van der Waals surface area contributed by atoms with Crippen LogP contribution in [0.5, 0.6) is 5.75 Å². The van der Waals surface area contributed by atoms with Crippen molar-refractivity contribution >= 4 is 13.2 Å². The van der Waals surface area contributed by atoms with Crippen molar-refractivity contribution in [1.82, 2.24) is 0 Å². The second-order valence-corrected chi connectivity index (χ2v) is 14.6. The fourth-order valence-corrected chi connectivity index (χ4v) is 7.77. The highest BCUT2D eigenvalue weighted by Gasteiger charge is 2.50. The maximum absolute atomic E-state index is 6.76. The topological polar surface area (TPSA) is 27.7 Å². The quantitative estimate of drug-likeness (QED) is 0.0675. The van der Waals surface area contributed by atoms with Crippen LogP contribution in [-0.4, -0.2) is 13.2 Å². The minimum Gasteiger partial charge on any atom is -0.281 e. The number of benzene rings is 2. The molecule has 0 saturated carbocycles. The third kappa shape index (κ3) is 17.6. The van der Waals surface area contributed by atoms with Crippen molar-refractivity contribution in [3.63, 3.8) is 0 Å². The predicted molar refractivity (Wildman–Crippen MR) is 190 cm³/mol. The monoisotopic (exact) mass is 613 g/mol. The molecule has 2 rings (SSSR count). The highest BCUT2D eigenvalue weighted by Crippen LogP contribution is 2.60. The van der Waals surface area contributed by atoms with Crippen molar-refractivity contribution in [1.29, 1.82) is 0 Å². The highest BCUT2D eigenvalue weighted by atomic mass is 31.2. The summed E-state index contributed by atoms with van der Waals surface area (Å²) in [7, 11) is -2.77. The van der Waals surface area contributed by atoms with E-state index in [1.807, 2.05) is 30.3 Å². The molecule has 0 spiro atoms. The normalized spacial score (nSPS) is 11.7. The molecule has 0 atom stereocenters. The summed E-state index contributed by atoms with van der Waals surface area (Å²) in [4.78, 5) is 0. The van der Waals surface area contributed by atoms with Gasteiger partial charge in [0.15, 0.2) is 11.1 Å². The minimum absolute atomic E-state index is 0.672. The molecule has 0 amide bonds. The van der Waals surface area contributed by atoms with E-state index in [-0.39, 0.29) is 0 Å². The molecule has 0 saturated heterocycles. The van der Waals surface area contributed by atoms with Crippen LogP contribution in [0.4, 0.5) is 0 Å². The van der Waals surface area contributed by atoms with Crippen molar-refractivity contribution in [3.05, 3.63) is 60.2 Å². The molecule has 2 aromatic rings. The summed E-state index contributed by atoms with van der Waals surface area (Å²) in [5, 5.41) is 1.06. The molecule has 2 aromatic carbocycles. The lowest BCUT2D eigenvalue weighted by Gasteiger charge is -2.23. The second kappa shape index (κ2) is 25.9. The molecular weight excluding hydrogens is 547 g/mol. The van der Waals surface area contributed by atoms with E-state index in [4.69, 9.17) is 13.6 Å². The third-order valence-corrected chi connectivity index (χ3v) is 10.7. The summed E-state index contributed by atoms with van der Waals surface area (Å²) >= 11 is 0. The molecule has 244 valence electrons. The van der Waals surface area contributed by atoms with Crippen LogP contribution >= 0.6 is 7.94 Å². The van der Waals surface area contributed by atoms with E-state index >= 15 is 0 Å². The molecule has 4 heteroatoms. The van der Waals surface area contributed by atoms with Crippen LogP contribution in [0.3, 0.4) is 0 Å². The number of rotatable bonds is 29. The molecular formula is C39H66O3P+. The lowest BCUT2D eigenvalue weighted by Crippen LogP contribution is -2.23. The van der Waals surface area contributed by atoms with Gasteiger partial charge in [0.05, 0.1) is 13.2 Å². The first-order valence-electron chi connectivity index (χ1n) is 18.3. The Bertz CT molecular complexity index is 850. The van der Waals surface area contributed by atoms with Crippen LogP contribution in [0.2, 0.25) is 0 Å². The molecule has 0 bridgehead atoms. The Kier molecular flexibility index (Phi) is 22.7. The van der Waals surface area contributed by atoms with Gasteiger partial charge in [-0.15, -0.1) is 0 Å². The maximum Gasteiger partial charge on any atom is 0.492 e. The van der Waals surface area contributed by atoms with Crippen LogP contribution in [-0.2, 0) is 15.5 Å². The molecule has 3 nitrogen and oxygen atoms in total. The second-order valence-electron chi connectivity index (χ2n) is 12.3. The Morgan fingerprint density at radius 2 is 0.860 bits per heavy atom. The number of aryl methyl sites for hydroxylation is 1. The summed E-state index contributed by atoms with van der Waals surface area (Å²) < 4.78 is 20.3. The maximum atomic E-state index is 6.76. The molecule has 0 radical (unpaired) electrons. The van der Waals surface area contributed by atoms with E-state index in [9.17, 15) is 0 Å². The van der Waals surface area contributed by atoms with E-state index in [0.717, 1.165) is 30.3 Å². The van der Waals surface area contributed by atoms with Crippen LogP contribution in [0, 0.1) is 0 Å². The van der Waals surface area contributed by atoms with Gasteiger partial charge in [0, 0.05) is 0 Å². The van der Waals surface area contributed by atoms with Crippen molar-refractivity contribution < 1.29 is 13.6 Å². The van der Waals surface area contributed by atoms with Gasteiger partial charge in [-0.2, -0.15) is 9.05 Å². The average Bonchev–Trinajstić information content (AvgIpc) is 3.03. The van der Waals surface area contributed by atoms with Gasteiger partial charge in [0.2, 0.25) is 0 Å². The summed E-state index contributed by atoms with van der Waals surface area (Å²) in [6.07, 6.45) is 28.2. The Labute approximate surface area is 267 Å². The van der Waals surface area contributed by atoms with Gasteiger partial charge in [-0.3, -0.25) is 4.52 Å². The molecule has 0 heterocycles. The fourth-order valence-electron chi connectivity index (χ4n) is 5.53. The number of para-hydroxylation sites is 1. The zero-order chi connectivity index (χ0) is 30.7. The zero-order valence-electron chi connectivity index (χ0n) is 28.3. The largest absolute Gasteiger partial charge is 0.492 e. The molecule has 0 aromatic heterocycles. The van der Waals surface area contributed by atoms with Gasteiger partial charge in [-0.1, -0.05) is 167 Å². The van der Waals surface area contributed by atoms with Crippen LogP contribution in [0.25, 0.3) is 0 Å². The van der Waals surface area contributed by atoms with Gasteiger partial charge >= 0.3 is 7.94 Å². The smallest absolute Gasteiger partial charge is 0.281 e. The van der Waals surface area contributed by atoms with Crippen LogP contribution in [0.1, 0.15) is 161 Å². The zero-order valence-corrected chi connectivity index (χ0v) is 29.2. The summed E-state index contributed by atoms with van der Waals surface area (Å²) in [6, 6.07) is 19.2. The Morgan fingerprint density at radius 1 is 0.442 bits per heavy atom. The molecule has 43 heavy (non-hydrogen) atoms. The van der Waals surface area contributed by atoms with E-state index in [2.05, 4.69) is 45.0 Å². The van der Waals surface area contributed by atoms with Crippen molar-refractivity contribution in [2.24, 2.45) is 0 Å². The highest BCUT2D eigenvalue weighted by molar-refractivity contribution is 7.69. The van der Waals surface area contributed by atoms with Crippen molar-refractivity contribution in [2.75, 3.05) is 13.2 Å². The summed E-state index contributed by atoms with van der Waals surface area (Å²) in [5.41, 5.74) is 1.40. The van der Waals surface area contributed by atoms with Crippen LogP contribution in [0.15, 0.2) is 54.6 Å². The van der Waals surface area contributed by atoms with Gasteiger partial charge < -0.3 is 0 Å². The SMILES string of the molecule is CCCCCCCCCO[P+](OCCCCCCCCC)(Oc1ccccc1)c1ccc(CCCCCCCCC)cc1. The lowest BCUT2D eigenvalue weighted by atomic mass is 10.0. The first kappa shape index (κ1) is 37.8. The van der Waals surface area contributed by atoms with Gasteiger partial charge in [0.1, 0.15) is 0 Å². The Morgan fingerprint density at radius 3 is 1.33 bits per heavy atom. The van der Waals surface area contributed by atoms with E-state index in [1.54, 1.807) is 0 Å². The Hall–Kier alpha value is -1.41. The van der Waals surface area contributed by atoms with Gasteiger partial charge in [0.25, 0.3) is 0 Å². The average molecular weight is 614 g/mol. The first-order chi connectivity index (χ1) is 21.2. The first-order valence-corrected chi connectivity index (χ1v) is 19.8. The molecule has 0 unspecified atom stereocenters. The summed E-state index contributed by atoms with van der Waals surface area (Å²) in [5.74, 6) is 0.821. The number of hydrogen-bond acceptors (Lipinski definition) is 3. The predicted octanol–water partition coefficient (Wildman–Crippen LogP) is 13.0. The third-order valence-electron chi connectivity index (χ3n) is 8.31. The lowest BCUT2D eigenvalue weighted by molar-refractivity contribution is 0.185. The van der Waals surface area contributed by atoms with Gasteiger partial charge in [-0.25, -0.2) is 0 Å². The standard InChI is InChI=1S/C39H66O3P/c1-4-7-10-13-16-19-23-28-37-31-33-39(34-32-37)43(42-38-29-24-22-25-30-38,40-35-26-20-17-14-11-8-5-2)41-36-27-21-18-15-12-9-6-3/h22,24-25,29-34H,4-21,23,26-28,35-36H2,1-3H3/q+1. The number of hydrogen-bond donors (Lipinski definition) is 0. The fraction of sp³-hybridized carbons (Fsp3) is 0.692. The molecule has 0 aliphatic rings. The Balaban J connectivity index is 2.06. The summed E-state index contributed by atoms with van der Waals surface area (Å²) in [6.45, 7) is 8.18. The van der Waals surface area contributed by atoms with E-state index in [1.165, 1.54) is 128 Å². The van der Waals surface area contributed by atoms with Crippen molar-refractivity contribution in [3.8, 4) is 5.75 Å². The number of unbranched alkanes of at least 4 members (excludes halogenated alkanes) is 18. The van der Waals surface area contributed by atoms with Crippen molar-refractivity contribution in [2.45, 2.75) is 162 Å². The molecule has 0 aliphatic heterocycles. The van der Waals surface area contributed by atoms with E-state index < -0.39 is 7.94 Å².